The monoisotopic (exact) mass is 408 g/mol. The first-order valence-corrected chi connectivity index (χ1v) is 10.1. The minimum atomic E-state index is -0.335. The molecule has 5 rings (SSSR count). The van der Waals surface area contributed by atoms with Gasteiger partial charge in [0, 0.05) is 22.6 Å². The zero-order valence-electron chi connectivity index (χ0n) is 16.3. The van der Waals surface area contributed by atoms with Gasteiger partial charge in [0.05, 0.1) is 12.6 Å². The molecule has 5 nitrogen and oxygen atoms in total. The van der Waals surface area contributed by atoms with Gasteiger partial charge in [-0.15, -0.1) is 0 Å². The van der Waals surface area contributed by atoms with Gasteiger partial charge in [-0.25, -0.2) is 5.01 Å². The van der Waals surface area contributed by atoms with Crippen molar-refractivity contribution >= 4 is 17.3 Å². The van der Waals surface area contributed by atoms with Crippen molar-refractivity contribution in [3.63, 3.8) is 0 Å². The van der Waals surface area contributed by atoms with Crippen molar-refractivity contribution in [2.75, 3.05) is 6.61 Å². The highest BCUT2D eigenvalue weighted by atomic mass is 35.5. The molecule has 1 aromatic heterocycles. The topological polar surface area (TPSA) is 47.2 Å². The van der Waals surface area contributed by atoms with Gasteiger partial charge in [0.1, 0.15) is 28.7 Å². The molecule has 0 unspecified atom stereocenters. The molecule has 3 aromatic rings. The quantitative estimate of drug-likeness (QED) is 0.540. The predicted molar refractivity (Wildman–Crippen MR) is 112 cm³/mol. The lowest BCUT2D eigenvalue weighted by Crippen LogP contribution is -2.33. The predicted octanol–water partition coefficient (Wildman–Crippen LogP) is 5.88. The van der Waals surface area contributed by atoms with Gasteiger partial charge in [-0.2, -0.15) is 5.10 Å². The van der Waals surface area contributed by atoms with Crippen LogP contribution in [0.4, 0.5) is 0 Å². The fourth-order valence-electron chi connectivity index (χ4n) is 3.91. The van der Waals surface area contributed by atoms with Gasteiger partial charge in [-0.3, -0.25) is 0 Å². The molecule has 6 heteroatoms. The van der Waals surface area contributed by atoms with Crippen molar-refractivity contribution in [3.05, 3.63) is 82.3 Å². The van der Waals surface area contributed by atoms with E-state index < -0.39 is 0 Å². The Bertz CT molecular complexity index is 1070. The number of halogens is 1. The zero-order chi connectivity index (χ0) is 20.0. The van der Waals surface area contributed by atoms with Crippen molar-refractivity contribution in [2.24, 2.45) is 5.10 Å². The minimum absolute atomic E-state index is 0.0365. The molecule has 3 heterocycles. The highest BCUT2D eigenvalue weighted by molar-refractivity contribution is 6.30. The Hall–Kier alpha value is -2.92. The van der Waals surface area contributed by atoms with Crippen LogP contribution in [0.1, 0.15) is 48.3 Å². The summed E-state index contributed by atoms with van der Waals surface area (Å²) in [5, 5.41) is 7.60. The Labute approximate surface area is 174 Å². The summed E-state index contributed by atoms with van der Waals surface area (Å²) < 4.78 is 17.8. The van der Waals surface area contributed by atoms with Crippen molar-refractivity contribution in [3.8, 4) is 11.5 Å². The molecular weight excluding hydrogens is 388 g/mol. The smallest absolute Gasteiger partial charge is 0.213 e. The van der Waals surface area contributed by atoms with E-state index in [1.807, 2.05) is 73.5 Å². The molecule has 0 aliphatic carbocycles. The fourth-order valence-corrected chi connectivity index (χ4v) is 4.09. The van der Waals surface area contributed by atoms with Gasteiger partial charge in [-0.1, -0.05) is 11.6 Å². The third-order valence-corrected chi connectivity index (χ3v) is 5.49. The molecule has 0 spiro atoms. The van der Waals surface area contributed by atoms with Gasteiger partial charge in [0.2, 0.25) is 6.23 Å². The van der Waals surface area contributed by atoms with E-state index in [0.29, 0.717) is 11.6 Å². The summed E-state index contributed by atoms with van der Waals surface area (Å²) in [7, 11) is 0. The van der Waals surface area contributed by atoms with E-state index >= 15 is 0 Å². The number of rotatable bonds is 4. The molecule has 148 valence electrons. The van der Waals surface area contributed by atoms with Crippen LogP contribution >= 0.6 is 11.6 Å². The molecule has 0 saturated heterocycles. The van der Waals surface area contributed by atoms with Crippen LogP contribution in [0.2, 0.25) is 5.02 Å². The standard InChI is InChI=1S/C23H21ClN2O3/c1-3-27-17-8-5-15(6-9-17)23-26-20(18-12-16(24)7-11-21(18)29-23)13-19(25-26)22-10-4-14(2)28-22/h4-12,20,23H,3,13H2,1-2H3/t20-,23-/m1/s1. The number of ether oxygens (including phenoxy) is 2. The summed E-state index contributed by atoms with van der Waals surface area (Å²) in [6.07, 6.45) is 0.398. The van der Waals surface area contributed by atoms with Crippen LogP contribution in [0.15, 0.2) is 64.1 Å². The summed E-state index contributed by atoms with van der Waals surface area (Å²) in [6.45, 7) is 4.55. The van der Waals surface area contributed by atoms with Crippen LogP contribution in [0.25, 0.3) is 0 Å². The Morgan fingerprint density at radius 1 is 1.14 bits per heavy atom. The van der Waals surface area contributed by atoms with Gasteiger partial charge >= 0.3 is 0 Å². The van der Waals surface area contributed by atoms with Gasteiger partial charge in [0.15, 0.2) is 0 Å². The van der Waals surface area contributed by atoms with Crippen molar-refractivity contribution in [2.45, 2.75) is 32.5 Å². The maximum absolute atomic E-state index is 6.36. The molecule has 0 fully saturated rings. The first-order valence-electron chi connectivity index (χ1n) is 9.74. The third kappa shape index (κ3) is 3.25. The normalized spacial score (nSPS) is 20.0. The molecule has 2 aromatic carbocycles. The first kappa shape index (κ1) is 18.1. The van der Waals surface area contributed by atoms with E-state index in [0.717, 1.165) is 46.3 Å². The summed E-state index contributed by atoms with van der Waals surface area (Å²) in [4.78, 5) is 0. The molecule has 2 aliphatic rings. The van der Waals surface area contributed by atoms with Crippen LogP contribution in [0, 0.1) is 6.92 Å². The largest absolute Gasteiger partial charge is 0.494 e. The lowest BCUT2D eigenvalue weighted by atomic mass is 9.97. The molecule has 0 bridgehead atoms. The summed E-state index contributed by atoms with van der Waals surface area (Å²) in [5.74, 6) is 3.34. The minimum Gasteiger partial charge on any atom is -0.494 e. The molecule has 29 heavy (non-hydrogen) atoms. The number of benzene rings is 2. The van der Waals surface area contributed by atoms with E-state index in [2.05, 4.69) is 0 Å². The van der Waals surface area contributed by atoms with Crippen molar-refractivity contribution in [1.82, 2.24) is 5.01 Å². The number of hydrazone groups is 1. The van der Waals surface area contributed by atoms with Crippen LogP contribution in [-0.4, -0.2) is 17.3 Å². The molecular formula is C23H21ClN2O3. The van der Waals surface area contributed by atoms with Gasteiger partial charge in [-0.05, 0) is 68.4 Å². The number of fused-ring (bicyclic) bond motifs is 3. The van der Waals surface area contributed by atoms with Crippen LogP contribution in [-0.2, 0) is 0 Å². The summed E-state index contributed by atoms with van der Waals surface area (Å²) >= 11 is 6.28. The molecule has 0 amide bonds. The Balaban J connectivity index is 1.55. The molecule has 2 aliphatic heterocycles. The van der Waals surface area contributed by atoms with Gasteiger partial charge in [0.25, 0.3) is 0 Å². The van der Waals surface area contributed by atoms with E-state index in [-0.39, 0.29) is 12.3 Å². The van der Waals surface area contributed by atoms with Crippen LogP contribution < -0.4 is 9.47 Å². The lowest BCUT2D eigenvalue weighted by Gasteiger charge is -2.38. The highest BCUT2D eigenvalue weighted by Crippen LogP contribution is 2.48. The lowest BCUT2D eigenvalue weighted by molar-refractivity contribution is -0.0190. The zero-order valence-corrected chi connectivity index (χ0v) is 17.0. The summed E-state index contributed by atoms with van der Waals surface area (Å²) in [6, 6.07) is 17.7. The molecule has 0 radical (unpaired) electrons. The molecule has 0 N–H and O–H groups in total. The summed E-state index contributed by atoms with van der Waals surface area (Å²) in [5.41, 5.74) is 2.97. The fraction of sp³-hybridized carbons (Fsp3) is 0.261. The highest BCUT2D eigenvalue weighted by Gasteiger charge is 2.41. The number of furan rings is 1. The van der Waals surface area contributed by atoms with Gasteiger partial charge < -0.3 is 13.9 Å². The van der Waals surface area contributed by atoms with E-state index in [4.69, 9.17) is 30.6 Å². The molecule has 0 saturated carbocycles. The third-order valence-electron chi connectivity index (χ3n) is 5.25. The van der Waals surface area contributed by atoms with E-state index in [1.165, 1.54) is 0 Å². The first-order chi connectivity index (χ1) is 14.1. The second-order valence-electron chi connectivity index (χ2n) is 7.21. The van der Waals surface area contributed by atoms with Crippen molar-refractivity contribution in [1.29, 1.82) is 0 Å². The maximum atomic E-state index is 6.36. The second kappa shape index (κ2) is 7.16. The average Bonchev–Trinajstić information content (AvgIpc) is 3.35. The Morgan fingerprint density at radius 2 is 1.97 bits per heavy atom. The number of hydrogen-bond acceptors (Lipinski definition) is 5. The van der Waals surface area contributed by atoms with E-state index in [1.54, 1.807) is 0 Å². The second-order valence-corrected chi connectivity index (χ2v) is 7.65. The molecule has 2 atom stereocenters. The van der Waals surface area contributed by atoms with E-state index in [9.17, 15) is 0 Å². The number of nitrogens with zero attached hydrogens (tertiary/aromatic N) is 2. The Kier molecular flexibility index (Phi) is 4.47. The Morgan fingerprint density at radius 3 is 2.69 bits per heavy atom. The van der Waals surface area contributed by atoms with Crippen LogP contribution in [0.3, 0.4) is 0 Å². The number of aryl methyl sites for hydroxylation is 1. The number of hydrogen-bond donors (Lipinski definition) is 0. The van der Waals surface area contributed by atoms with Crippen molar-refractivity contribution < 1.29 is 13.9 Å². The van der Waals surface area contributed by atoms with Crippen LogP contribution in [0.5, 0.6) is 11.5 Å². The average molecular weight is 409 g/mol. The maximum Gasteiger partial charge on any atom is 0.213 e. The SMILES string of the molecule is CCOc1ccc([C@H]2Oc3ccc(Cl)cc3[C@H]3CC(c4ccc(C)o4)=NN32)cc1.